The molecule has 1 amide bonds. The lowest BCUT2D eigenvalue weighted by molar-refractivity contribution is -0.136. The smallest absolute Gasteiger partial charge is 0.316 e. The van der Waals surface area contributed by atoms with Gasteiger partial charge in [-0.05, 0) is 25.0 Å². The first-order chi connectivity index (χ1) is 8.91. The number of hydrogen-bond acceptors (Lipinski definition) is 3. The third kappa shape index (κ3) is 4.95. The van der Waals surface area contributed by atoms with Gasteiger partial charge in [-0.2, -0.15) is 0 Å². The molecule has 1 N–H and O–H groups in total. The predicted octanol–water partition coefficient (Wildman–Crippen LogP) is 2.16. The molecule has 0 heterocycles. The minimum absolute atomic E-state index is 0.0543. The molecule has 0 radical (unpaired) electrons. The summed E-state index contributed by atoms with van der Waals surface area (Å²) in [5, 5.41) is 8.20. The maximum Gasteiger partial charge on any atom is 0.316 e. The zero-order valence-electron chi connectivity index (χ0n) is 11.4. The summed E-state index contributed by atoms with van der Waals surface area (Å²) >= 11 is 1.14. The molecule has 5 heteroatoms. The molecule has 0 saturated heterocycles. The molecule has 4 nitrogen and oxygen atoms in total. The largest absolute Gasteiger partial charge is 0.480 e. The Labute approximate surface area is 117 Å². The molecular weight excluding hydrogens is 262 g/mol. The SMILES string of the molecule is Cc1ccccc1CN(C)C(=O)CSC(C)C(=O)O. The third-order valence-corrected chi connectivity index (χ3v) is 4.01. The van der Waals surface area contributed by atoms with E-state index in [1.807, 2.05) is 31.2 Å². The fourth-order valence-corrected chi connectivity index (χ4v) is 2.26. The second-order valence-electron chi connectivity index (χ2n) is 4.47. The highest BCUT2D eigenvalue weighted by atomic mass is 32.2. The molecule has 1 aromatic carbocycles. The number of benzene rings is 1. The minimum atomic E-state index is -0.889. The van der Waals surface area contributed by atoms with Gasteiger partial charge in [-0.3, -0.25) is 9.59 Å². The van der Waals surface area contributed by atoms with Crippen LogP contribution in [0.15, 0.2) is 24.3 Å². The van der Waals surface area contributed by atoms with E-state index in [-0.39, 0.29) is 11.7 Å². The van der Waals surface area contributed by atoms with E-state index in [9.17, 15) is 9.59 Å². The van der Waals surface area contributed by atoms with Gasteiger partial charge in [0.05, 0.1) is 11.0 Å². The third-order valence-electron chi connectivity index (χ3n) is 2.90. The number of aliphatic carboxylic acids is 1. The summed E-state index contributed by atoms with van der Waals surface area (Å²) < 4.78 is 0. The van der Waals surface area contributed by atoms with Crippen molar-refractivity contribution in [2.45, 2.75) is 25.6 Å². The van der Waals surface area contributed by atoms with Gasteiger partial charge in [0.25, 0.3) is 0 Å². The van der Waals surface area contributed by atoms with Crippen molar-refractivity contribution in [1.29, 1.82) is 0 Å². The molecule has 19 heavy (non-hydrogen) atoms. The topological polar surface area (TPSA) is 57.6 Å². The van der Waals surface area contributed by atoms with Crippen molar-refractivity contribution in [3.05, 3.63) is 35.4 Å². The number of carboxylic acids is 1. The van der Waals surface area contributed by atoms with E-state index in [2.05, 4.69) is 0 Å². The molecule has 1 unspecified atom stereocenters. The van der Waals surface area contributed by atoms with Gasteiger partial charge >= 0.3 is 5.97 Å². The molecule has 0 aliphatic rings. The molecule has 1 aromatic rings. The van der Waals surface area contributed by atoms with E-state index in [0.29, 0.717) is 6.54 Å². The molecule has 0 aromatic heterocycles. The van der Waals surface area contributed by atoms with Crippen LogP contribution >= 0.6 is 11.8 Å². The zero-order valence-corrected chi connectivity index (χ0v) is 12.2. The molecule has 0 fully saturated rings. The van der Waals surface area contributed by atoms with Crippen molar-refractivity contribution in [3.8, 4) is 0 Å². The van der Waals surface area contributed by atoms with E-state index < -0.39 is 11.2 Å². The van der Waals surface area contributed by atoms with Crippen LogP contribution in [0.4, 0.5) is 0 Å². The van der Waals surface area contributed by atoms with Gasteiger partial charge in [0.15, 0.2) is 0 Å². The molecule has 0 saturated carbocycles. The van der Waals surface area contributed by atoms with Crippen molar-refractivity contribution >= 4 is 23.6 Å². The van der Waals surface area contributed by atoms with Gasteiger partial charge in [-0.15, -0.1) is 11.8 Å². The summed E-state index contributed by atoms with van der Waals surface area (Å²) in [5.74, 6) is -0.753. The van der Waals surface area contributed by atoms with Crippen LogP contribution < -0.4 is 0 Å². The number of aryl methyl sites for hydroxylation is 1. The van der Waals surface area contributed by atoms with Crippen molar-refractivity contribution in [2.24, 2.45) is 0 Å². The number of carboxylic acid groups (broad SMARTS) is 1. The van der Waals surface area contributed by atoms with E-state index in [1.54, 1.807) is 18.9 Å². The average molecular weight is 281 g/mol. The van der Waals surface area contributed by atoms with Crippen LogP contribution in [-0.2, 0) is 16.1 Å². The number of carbonyl (C=O) groups excluding carboxylic acids is 1. The molecule has 0 spiro atoms. The van der Waals surface area contributed by atoms with Crippen LogP contribution in [0.25, 0.3) is 0 Å². The number of thioether (sulfide) groups is 1. The van der Waals surface area contributed by atoms with E-state index >= 15 is 0 Å². The number of amides is 1. The van der Waals surface area contributed by atoms with Gasteiger partial charge in [0, 0.05) is 13.6 Å². The Balaban J connectivity index is 2.50. The van der Waals surface area contributed by atoms with Crippen molar-refractivity contribution < 1.29 is 14.7 Å². The summed E-state index contributed by atoms with van der Waals surface area (Å²) in [6.07, 6.45) is 0. The van der Waals surface area contributed by atoms with Gasteiger partial charge in [-0.25, -0.2) is 0 Å². The molecule has 104 valence electrons. The van der Waals surface area contributed by atoms with Crippen LogP contribution in [0.5, 0.6) is 0 Å². The van der Waals surface area contributed by atoms with Crippen molar-refractivity contribution in [2.75, 3.05) is 12.8 Å². The molecule has 0 bridgehead atoms. The lowest BCUT2D eigenvalue weighted by Gasteiger charge is -2.18. The van der Waals surface area contributed by atoms with Crippen LogP contribution in [0.2, 0.25) is 0 Å². The molecule has 0 aliphatic carbocycles. The summed E-state index contributed by atoms with van der Waals surface area (Å²) in [4.78, 5) is 24.2. The summed E-state index contributed by atoms with van der Waals surface area (Å²) in [6, 6.07) is 7.91. The number of nitrogens with zero attached hydrogens (tertiary/aromatic N) is 1. The van der Waals surface area contributed by atoms with E-state index in [1.165, 1.54) is 0 Å². The van der Waals surface area contributed by atoms with Crippen LogP contribution in [0, 0.1) is 6.92 Å². The molecule has 1 rings (SSSR count). The Morgan fingerprint density at radius 1 is 1.37 bits per heavy atom. The second-order valence-corrected chi connectivity index (χ2v) is 5.80. The Kier molecular flexibility index (Phi) is 5.89. The van der Waals surface area contributed by atoms with E-state index in [0.717, 1.165) is 22.9 Å². The highest BCUT2D eigenvalue weighted by Crippen LogP contribution is 2.13. The highest BCUT2D eigenvalue weighted by molar-refractivity contribution is 8.01. The van der Waals surface area contributed by atoms with Crippen LogP contribution in [-0.4, -0.2) is 39.9 Å². The predicted molar refractivity (Wildman–Crippen MR) is 77.2 cm³/mol. The quantitative estimate of drug-likeness (QED) is 0.868. The Morgan fingerprint density at radius 2 is 2.00 bits per heavy atom. The standard InChI is InChI=1S/C14H19NO3S/c1-10-6-4-5-7-12(10)8-15(3)13(16)9-19-11(2)14(17)18/h4-7,11H,8-9H2,1-3H3,(H,17,18). The van der Waals surface area contributed by atoms with Gasteiger partial charge < -0.3 is 10.0 Å². The molecule has 0 aliphatic heterocycles. The summed E-state index contributed by atoms with van der Waals surface area (Å²) in [7, 11) is 1.74. The first-order valence-electron chi connectivity index (χ1n) is 6.04. The summed E-state index contributed by atoms with van der Waals surface area (Å²) in [6.45, 7) is 4.14. The lowest BCUT2D eigenvalue weighted by Crippen LogP contribution is -2.29. The first-order valence-corrected chi connectivity index (χ1v) is 7.09. The normalized spacial score (nSPS) is 11.9. The Morgan fingerprint density at radius 3 is 2.58 bits per heavy atom. The van der Waals surface area contributed by atoms with E-state index in [4.69, 9.17) is 5.11 Å². The second kappa shape index (κ2) is 7.19. The average Bonchev–Trinajstić information content (AvgIpc) is 2.37. The number of carbonyl (C=O) groups is 2. The highest BCUT2D eigenvalue weighted by Gasteiger charge is 2.16. The van der Waals surface area contributed by atoms with Crippen molar-refractivity contribution in [3.63, 3.8) is 0 Å². The minimum Gasteiger partial charge on any atom is -0.480 e. The maximum atomic E-state index is 11.9. The lowest BCUT2D eigenvalue weighted by atomic mass is 10.1. The molecule has 1 atom stereocenters. The van der Waals surface area contributed by atoms with Crippen LogP contribution in [0.1, 0.15) is 18.1 Å². The Hall–Kier alpha value is -1.49. The van der Waals surface area contributed by atoms with Crippen LogP contribution in [0.3, 0.4) is 0 Å². The number of hydrogen-bond donors (Lipinski definition) is 1. The molecular formula is C14H19NO3S. The monoisotopic (exact) mass is 281 g/mol. The first kappa shape index (κ1) is 15.6. The fraction of sp³-hybridized carbons (Fsp3) is 0.429. The van der Waals surface area contributed by atoms with Gasteiger partial charge in [-0.1, -0.05) is 24.3 Å². The Bertz CT molecular complexity index is 462. The van der Waals surface area contributed by atoms with Gasteiger partial charge in [0.2, 0.25) is 5.91 Å². The zero-order chi connectivity index (χ0) is 14.4. The maximum absolute atomic E-state index is 11.9. The van der Waals surface area contributed by atoms with Gasteiger partial charge in [0.1, 0.15) is 0 Å². The van der Waals surface area contributed by atoms with Crippen molar-refractivity contribution in [1.82, 2.24) is 4.90 Å². The fourth-order valence-electron chi connectivity index (χ4n) is 1.51. The number of rotatable bonds is 6. The summed E-state index contributed by atoms with van der Waals surface area (Å²) in [5.41, 5.74) is 2.25.